The summed E-state index contributed by atoms with van der Waals surface area (Å²) in [5.74, 6) is 1.34. The number of nitrogens with zero attached hydrogens (tertiary/aromatic N) is 3. The predicted molar refractivity (Wildman–Crippen MR) is 102 cm³/mol. The lowest BCUT2D eigenvalue weighted by Gasteiger charge is -2.62. The van der Waals surface area contributed by atoms with Gasteiger partial charge in [0.15, 0.2) is 0 Å². The molecule has 3 aliphatic rings. The summed E-state index contributed by atoms with van der Waals surface area (Å²) in [6, 6.07) is 1.62. The average Bonchev–Trinajstić information content (AvgIpc) is 2.94. The minimum absolute atomic E-state index is 0.572. The molecule has 1 aromatic rings. The van der Waals surface area contributed by atoms with E-state index in [1.807, 2.05) is 11.3 Å². The van der Waals surface area contributed by atoms with Gasteiger partial charge in [0.2, 0.25) is 0 Å². The Balaban J connectivity index is 1.24. The zero-order valence-electron chi connectivity index (χ0n) is 15.8. The van der Waals surface area contributed by atoms with E-state index in [0.29, 0.717) is 11.3 Å². The smallest absolute Gasteiger partial charge is 0.0953 e. The number of hydrogen-bond donors (Lipinski definition) is 0. The normalized spacial score (nSPS) is 26.2. The molecular weight excluding hydrogens is 314 g/mol. The topological polar surface area (TPSA) is 19.4 Å². The lowest BCUT2D eigenvalue weighted by Crippen LogP contribution is -2.68. The van der Waals surface area contributed by atoms with Crippen LogP contribution in [0.1, 0.15) is 75.1 Å². The van der Waals surface area contributed by atoms with E-state index < -0.39 is 0 Å². The SMILES string of the molecule is CC(C)c1ncc(C2CCN(C3CC4(C3)CN(C(C)C)C4)CC2)s1. The van der Waals surface area contributed by atoms with Crippen molar-refractivity contribution in [2.75, 3.05) is 26.2 Å². The van der Waals surface area contributed by atoms with Crippen molar-refractivity contribution >= 4 is 11.3 Å². The van der Waals surface area contributed by atoms with E-state index in [2.05, 4.69) is 48.7 Å². The zero-order chi connectivity index (χ0) is 16.9. The van der Waals surface area contributed by atoms with Gasteiger partial charge in [-0.05, 0) is 64.0 Å². The molecule has 24 heavy (non-hydrogen) atoms. The highest BCUT2D eigenvalue weighted by molar-refractivity contribution is 7.11. The van der Waals surface area contributed by atoms with E-state index in [4.69, 9.17) is 0 Å². The number of aromatic nitrogens is 1. The second-order valence-electron chi connectivity index (χ2n) is 9.13. The van der Waals surface area contributed by atoms with Crippen LogP contribution in [0, 0.1) is 5.41 Å². The summed E-state index contributed by atoms with van der Waals surface area (Å²) in [7, 11) is 0. The van der Waals surface area contributed by atoms with Gasteiger partial charge in [-0.2, -0.15) is 0 Å². The van der Waals surface area contributed by atoms with Crippen LogP contribution >= 0.6 is 11.3 Å². The Morgan fingerprint density at radius 1 is 1.12 bits per heavy atom. The summed E-state index contributed by atoms with van der Waals surface area (Å²) in [6.45, 7) is 14.5. The standard InChI is InChI=1S/C20H33N3S/c1-14(2)19-21-11-18(24-19)16-5-7-22(8-6-16)17-9-20(10-17)12-23(13-20)15(3)4/h11,14-17H,5-10,12-13H2,1-4H3. The van der Waals surface area contributed by atoms with Gasteiger partial charge in [0, 0.05) is 42.2 Å². The van der Waals surface area contributed by atoms with Crippen LogP contribution in [0.15, 0.2) is 6.20 Å². The molecule has 2 aliphatic heterocycles. The number of rotatable bonds is 4. The van der Waals surface area contributed by atoms with Crippen LogP contribution in [0.3, 0.4) is 0 Å². The molecule has 0 radical (unpaired) electrons. The predicted octanol–water partition coefficient (Wildman–Crippen LogP) is 4.32. The van der Waals surface area contributed by atoms with Crippen LogP contribution in [0.5, 0.6) is 0 Å². The minimum Gasteiger partial charge on any atom is -0.300 e. The highest BCUT2D eigenvalue weighted by atomic mass is 32.1. The average molecular weight is 348 g/mol. The van der Waals surface area contributed by atoms with Gasteiger partial charge in [0.25, 0.3) is 0 Å². The van der Waals surface area contributed by atoms with Crippen molar-refractivity contribution in [1.82, 2.24) is 14.8 Å². The Labute approximate surface area is 151 Å². The van der Waals surface area contributed by atoms with Crippen LogP contribution in [0.2, 0.25) is 0 Å². The fraction of sp³-hybridized carbons (Fsp3) is 0.850. The lowest BCUT2D eigenvalue weighted by atomic mass is 9.59. The fourth-order valence-corrected chi connectivity index (χ4v) is 6.03. The molecule has 1 aromatic heterocycles. The molecule has 4 rings (SSSR count). The van der Waals surface area contributed by atoms with Crippen LogP contribution in [0.25, 0.3) is 0 Å². The van der Waals surface area contributed by atoms with Crippen molar-refractivity contribution in [3.63, 3.8) is 0 Å². The first-order chi connectivity index (χ1) is 11.5. The summed E-state index contributed by atoms with van der Waals surface area (Å²) in [5, 5.41) is 1.31. The second-order valence-corrected chi connectivity index (χ2v) is 10.2. The summed E-state index contributed by atoms with van der Waals surface area (Å²) in [5.41, 5.74) is 0.704. The monoisotopic (exact) mass is 347 g/mol. The van der Waals surface area contributed by atoms with E-state index in [1.165, 1.54) is 61.7 Å². The minimum atomic E-state index is 0.572. The molecule has 1 aliphatic carbocycles. The van der Waals surface area contributed by atoms with Crippen molar-refractivity contribution in [3.05, 3.63) is 16.1 Å². The van der Waals surface area contributed by atoms with E-state index in [1.54, 1.807) is 0 Å². The Hall–Kier alpha value is -0.450. The van der Waals surface area contributed by atoms with Gasteiger partial charge in [0.1, 0.15) is 0 Å². The molecule has 1 saturated carbocycles. The van der Waals surface area contributed by atoms with Crippen LogP contribution < -0.4 is 0 Å². The highest BCUT2D eigenvalue weighted by Crippen LogP contribution is 2.51. The maximum atomic E-state index is 4.63. The Morgan fingerprint density at radius 2 is 1.79 bits per heavy atom. The molecule has 1 spiro atoms. The molecule has 0 amide bonds. The summed E-state index contributed by atoms with van der Waals surface area (Å²) in [4.78, 5) is 11.6. The fourth-order valence-electron chi connectivity index (χ4n) is 4.94. The first kappa shape index (κ1) is 17.0. The third-order valence-corrected chi connectivity index (χ3v) is 8.09. The van der Waals surface area contributed by atoms with Gasteiger partial charge in [-0.15, -0.1) is 11.3 Å². The van der Waals surface area contributed by atoms with Gasteiger partial charge in [-0.3, -0.25) is 4.90 Å². The molecule has 4 heteroatoms. The highest BCUT2D eigenvalue weighted by Gasteiger charge is 2.54. The number of hydrogen-bond acceptors (Lipinski definition) is 4. The Morgan fingerprint density at radius 3 is 2.33 bits per heavy atom. The largest absolute Gasteiger partial charge is 0.300 e. The third-order valence-electron chi connectivity index (χ3n) is 6.63. The number of thiazole rings is 1. The van der Waals surface area contributed by atoms with E-state index in [-0.39, 0.29) is 0 Å². The molecular formula is C20H33N3S. The van der Waals surface area contributed by atoms with Crippen molar-refractivity contribution in [2.24, 2.45) is 5.41 Å². The van der Waals surface area contributed by atoms with Crippen molar-refractivity contribution < 1.29 is 0 Å². The van der Waals surface area contributed by atoms with Crippen molar-refractivity contribution in [1.29, 1.82) is 0 Å². The molecule has 0 unspecified atom stereocenters. The van der Waals surface area contributed by atoms with Crippen LogP contribution in [0.4, 0.5) is 0 Å². The zero-order valence-corrected chi connectivity index (χ0v) is 16.6. The molecule has 3 nitrogen and oxygen atoms in total. The van der Waals surface area contributed by atoms with Gasteiger partial charge >= 0.3 is 0 Å². The molecule has 2 saturated heterocycles. The van der Waals surface area contributed by atoms with Gasteiger partial charge < -0.3 is 4.90 Å². The summed E-state index contributed by atoms with van der Waals surface area (Å²) < 4.78 is 0. The summed E-state index contributed by atoms with van der Waals surface area (Å²) in [6.07, 6.45) is 7.74. The second kappa shape index (κ2) is 6.37. The maximum absolute atomic E-state index is 4.63. The first-order valence-corrected chi connectivity index (χ1v) is 10.7. The third kappa shape index (κ3) is 3.06. The maximum Gasteiger partial charge on any atom is 0.0953 e. The number of likely N-dealkylation sites (tertiary alicyclic amines) is 2. The molecule has 3 fully saturated rings. The van der Waals surface area contributed by atoms with Crippen LogP contribution in [-0.2, 0) is 0 Å². The molecule has 0 bridgehead atoms. The number of piperidine rings is 1. The summed E-state index contributed by atoms with van der Waals surface area (Å²) >= 11 is 1.96. The van der Waals surface area contributed by atoms with Crippen molar-refractivity contribution in [2.45, 2.75) is 77.3 Å². The van der Waals surface area contributed by atoms with Gasteiger partial charge in [-0.1, -0.05) is 13.8 Å². The van der Waals surface area contributed by atoms with E-state index in [9.17, 15) is 0 Å². The van der Waals surface area contributed by atoms with E-state index in [0.717, 1.165) is 18.0 Å². The molecule has 0 aromatic carbocycles. The van der Waals surface area contributed by atoms with Crippen molar-refractivity contribution in [3.8, 4) is 0 Å². The molecule has 0 atom stereocenters. The Kier molecular flexibility index (Phi) is 4.51. The van der Waals surface area contributed by atoms with Crippen LogP contribution in [-0.4, -0.2) is 53.0 Å². The molecule has 0 N–H and O–H groups in total. The van der Waals surface area contributed by atoms with E-state index >= 15 is 0 Å². The van der Waals surface area contributed by atoms with Gasteiger partial charge in [0.05, 0.1) is 5.01 Å². The molecule has 3 heterocycles. The van der Waals surface area contributed by atoms with Gasteiger partial charge in [-0.25, -0.2) is 4.98 Å². The lowest BCUT2D eigenvalue weighted by molar-refractivity contribution is -0.122. The Bertz CT molecular complexity index is 557. The quantitative estimate of drug-likeness (QED) is 0.808. The molecule has 134 valence electrons. The first-order valence-electron chi connectivity index (χ1n) is 9.89.